The summed E-state index contributed by atoms with van der Waals surface area (Å²) in [5.41, 5.74) is 4.93. The fraction of sp³-hybridized carbons (Fsp3) is 0.667. The first kappa shape index (κ1) is 7.84. The molecule has 0 aromatic heterocycles. The summed E-state index contributed by atoms with van der Waals surface area (Å²) in [7, 11) is 0. The van der Waals surface area contributed by atoms with E-state index >= 15 is 0 Å². The molecule has 0 spiro atoms. The molecule has 5 nitrogen and oxygen atoms in total. The van der Waals surface area contributed by atoms with Crippen molar-refractivity contribution in [3.63, 3.8) is 0 Å². The number of urea groups is 1. The van der Waals surface area contributed by atoms with Crippen LogP contribution >= 0.6 is 0 Å². The first-order valence-electron chi connectivity index (χ1n) is 3.35. The Hall–Kier alpha value is -1.26. The Labute approximate surface area is 63.8 Å². The molecule has 3 N–H and O–H groups in total. The number of carboxylic acids is 1. The van der Waals surface area contributed by atoms with Crippen LogP contribution in [0.3, 0.4) is 0 Å². The van der Waals surface area contributed by atoms with E-state index in [-0.39, 0.29) is 12.3 Å². The molecule has 0 aromatic rings. The summed E-state index contributed by atoms with van der Waals surface area (Å²) in [5, 5.41) is 8.34. The van der Waals surface area contributed by atoms with E-state index in [1.54, 1.807) is 0 Å². The molecular weight excluding hydrogens is 148 g/mol. The largest absolute Gasteiger partial charge is 0.481 e. The molecule has 1 heterocycles. The smallest absolute Gasteiger partial charge is 0.314 e. The van der Waals surface area contributed by atoms with Gasteiger partial charge < -0.3 is 15.7 Å². The van der Waals surface area contributed by atoms with Crippen molar-refractivity contribution in [1.29, 1.82) is 0 Å². The van der Waals surface area contributed by atoms with E-state index in [2.05, 4.69) is 0 Å². The van der Waals surface area contributed by atoms with Crippen molar-refractivity contribution in [2.45, 2.75) is 6.42 Å². The Morgan fingerprint density at radius 2 is 2.09 bits per heavy atom. The molecule has 0 unspecified atom stereocenters. The topological polar surface area (TPSA) is 83.6 Å². The highest BCUT2D eigenvalue weighted by Gasteiger charge is 2.30. The zero-order valence-corrected chi connectivity index (χ0v) is 5.99. The number of nitrogens with zero attached hydrogens (tertiary/aromatic N) is 1. The van der Waals surface area contributed by atoms with E-state index < -0.39 is 12.0 Å². The minimum absolute atomic E-state index is 0.0972. The predicted molar refractivity (Wildman–Crippen MR) is 36.9 cm³/mol. The van der Waals surface area contributed by atoms with E-state index in [9.17, 15) is 9.59 Å². The van der Waals surface area contributed by atoms with Gasteiger partial charge in [-0.05, 0) is 0 Å². The number of aliphatic carboxylic acids is 1. The molecule has 0 aliphatic carbocycles. The van der Waals surface area contributed by atoms with Crippen molar-refractivity contribution in [2.75, 3.05) is 13.1 Å². The van der Waals surface area contributed by atoms with Gasteiger partial charge in [0.25, 0.3) is 0 Å². The lowest BCUT2D eigenvalue weighted by atomic mass is 9.97. The van der Waals surface area contributed by atoms with Gasteiger partial charge in [0, 0.05) is 19.0 Å². The SMILES string of the molecule is NC(=O)N1CC(CC(=O)O)C1. The van der Waals surface area contributed by atoms with Crippen LogP contribution in [0, 0.1) is 5.92 Å². The third kappa shape index (κ3) is 1.83. The summed E-state index contributed by atoms with van der Waals surface area (Å²) in [6, 6.07) is -0.466. The highest BCUT2D eigenvalue weighted by atomic mass is 16.4. The van der Waals surface area contributed by atoms with Crippen molar-refractivity contribution in [3.05, 3.63) is 0 Å². The van der Waals surface area contributed by atoms with Crippen LogP contribution in [-0.4, -0.2) is 35.1 Å². The van der Waals surface area contributed by atoms with Crippen LogP contribution in [0.25, 0.3) is 0 Å². The van der Waals surface area contributed by atoms with Crippen LogP contribution in [0.5, 0.6) is 0 Å². The van der Waals surface area contributed by atoms with Gasteiger partial charge in [-0.25, -0.2) is 4.79 Å². The summed E-state index contributed by atoms with van der Waals surface area (Å²) >= 11 is 0. The Balaban J connectivity index is 2.19. The number of amides is 2. The van der Waals surface area contributed by atoms with Crippen molar-refractivity contribution in [2.24, 2.45) is 11.7 Å². The van der Waals surface area contributed by atoms with Crippen LogP contribution in [0.1, 0.15) is 6.42 Å². The molecule has 5 heteroatoms. The zero-order chi connectivity index (χ0) is 8.43. The van der Waals surface area contributed by atoms with Crippen LogP contribution in [0.15, 0.2) is 0 Å². The van der Waals surface area contributed by atoms with Gasteiger partial charge in [0.1, 0.15) is 0 Å². The summed E-state index contributed by atoms with van der Waals surface area (Å²) in [5.74, 6) is -0.723. The molecule has 0 radical (unpaired) electrons. The molecule has 0 bridgehead atoms. The minimum atomic E-state index is -0.820. The molecule has 11 heavy (non-hydrogen) atoms. The van der Waals surface area contributed by atoms with Crippen molar-refractivity contribution < 1.29 is 14.7 Å². The molecule has 0 aromatic carbocycles. The Kier molecular flexibility index (Phi) is 1.98. The van der Waals surface area contributed by atoms with Gasteiger partial charge in [0.05, 0.1) is 6.42 Å². The maximum absolute atomic E-state index is 10.4. The number of carboxylic acid groups (broad SMARTS) is 1. The van der Waals surface area contributed by atoms with Crippen LogP contribution in [0.2, 0.25) is 0 Å². The summed E-state index contributed by atoms with van der Waals surface area (Å²) in [6.45, 7) is 0.975. The fourth-order valence-corrected chi connectivity index (χ4v) is 1.13. The maximum Gasteiger partial charge on any atom is 0.314 e. The number of hydrogen-bond acceptors (Lipinski definition) is 2. The van der Waals surface area contributed by atoms with Gasteiger partial charge in [0.2, 0.25) is 0 Å². The molecule has 1 rings (SSSR count). The lowest BCUT2D eigenvalue weighted by Gasteiger charge is -2.37. The number of carbonyl (C=O) groups is 2. The summed E-state index contributed by atoms with van der Waals surface area (Å²) in [4.78, 5) is 22.0. The van der Waals surface area contributed by atoms with Crippen molar-refractivity contribution >= 4 is 12.0 Å². The second-order valence-corrected chi connectivity index (χ2v) is 2.71. The molecule has 0 saturated carbocycles. The molecule has 1 fully saturated rings. The number of primary amides is 1. The van der Waals surface area contributed by atoms with Gasteiger partial charge >= 0.3 is 12.0 Å². The number of hydrogen-bond donors (Lipinski definition) is 2. The summed E-state index contributed by atoms with van der Waals surface area (Å²) < 4.78 is 0. The van der Waals surface area contributed by atoms with Gasteiger partial charge in [-0.2, -0.15) is 0 Å². The third-order valence-corrected chi connectivity index (χ3v) is 1.73. The van der Waals surface area contributed by atoms with Crippen LogP contribution in [-0.2, 0) is 4.79 Å². The molecule has 62 valence electrons. The minimum Gasteiger partial charge on any atom is -0.481 e. The average molecular weight is 158 g/mol. The number of rotatable bonds is 2. The fourth-order valence-electron chi connectivity index (χ4n) is 1.13. The van der Waals surface area contributed by atoms with E-state index in [1.165, 1.54) is 4.90 Å². The van der Waals surface area contributed by atoms with Gasteiger partial charge in [-0.3, -0.25) is 4.79 Å². The first-order valence-corrected chi connectivity index (χ1v) is 3.35. The predicted octanol–water partition coefficient (Wildman–Crippen LogP) is -0.528. The van der Waals surface area contributed by atoms with Crippen molar-refractivity contribution in [1.82, 2.24) is 4.90 Å². The Morgan fingerprint density at radius 3 is 2.45 bits per heavy atom. The van der Waals surface area contributed by atoms with Crippen LogP contribution in [0.4, 0.5) is 4.79 Å². The molecular formula is C6H10N2O3. The molecule has 1 aliphatic rings. The standard InChI is InChI=1S/C6H10N2O3/c7-6(11)8-2-4(3-8)1-5(9)10/h4H,1-3H2,(H2,7,11)(H,9,10). The second kappa shape index (κ2) is 2.77. The molecule has 2 amide bonds. The highest BCUT2D eigenvalue weighted by molar-refractivity contribution is 5.73. The zero-order valence-electron chi connectivity index (χ0n) is 5.99. The number of carbonyl (C=O) groups excluding carboxylic acids is 1. The number of nitrogens with two attached hydrogens (primary N) is 1. The third-order valence-electron chi connectivity index (χ3n) is 1.73. The highest BCUT2D eigenvalue weighted by Crippen LogP contribution is 2.17. The number of likely N-dealkylation sites (tertiary alicyclic amines) is 1. The maximum atomic E-state index is 10.4. The first-order chi connectivity index (χ1) is 5.09. The molecule has 0 atom stereocenters. The van der Waals surface area contributed by atoms with Crippen molar-refractivity contribution in [3.8, 4) is 0 Å². The second-order valence-electron chi connectivity index (χ2n) is 2.71. The monoisotopic (exact) mass is 158 g/mol. The molecule has 1 aliphatic heterocycles. The lowest BCUT2D eigenvalue weighted by molar-refractivity contribution is -0.139. The summed E-state index contributed by atoms with van der Waals surface area (Å²) in [6.07, 6.45) is 0.129. The van der Waals surface area contributed by atoms with Crippen LogP contribution < -0.4 is 5.73 Å². The van der Waals surface area contributed by atoms with E-state index in [1.807, 2.05) is 0 Å². The average Bonchev–Trinajstić information content (AvgIpc) is 1.75. The van der Waals surface area contributed by atoms with E-state index in [4.69, 9.17) is 10.8 Å². The van der Waals surface area contributed by atoms with Gasteiger partial charge in [-0.1, -0.05) is 0 Å². The molecule has 1 saturated heterocycles. The Morgan fingerprint density at radius 1 is 1.55 bits per heavy atom. The quantitative estimate of drug-likeness (QED) is 0.566. The lowest BCUT2D eigenvalue weighted by Crippen LogP contribution is -2.52. The normalized spacial score (nSPS) is 17.6. The Bertz CT molecular complexity index is 186. The van der Waals surface area contributed by atoms with E-state index in [0.717, 1.165) is 0 Å². The van der Waals surface area contributed by atoms with E-state index in [0.29, 0.717) is 13.1 Å². The van der Waals surface area contributed by atoms with Gasteiger partial charge in [0.15, 0.2) is 0 Å². The van der Waals surface area contributed by atoms with Gasteiger partial charge in [-0.15, -0.1) is 0 Å².